The number of fused-ring (bicyclic) bond motifs is 3. The number of aromatic nitrogens is 2. The van der Waals surface area contributed by atoms with E-state index in [1.165, 1.54) is 12.5 Å². The number of esters is 1. The van der Waals surface area contributed by atoms with Crippen LogP contribution in [-0.2, 0) is 4.74 Å². The van der Waals surface area contributed by atoms with Gasteiger partial charge >= 0.3 is 5.97 Å². The van der Waals surface area contributed by atoms with Gasteiger partial charge in [-0.05, 0) is 18.2 Å². The quantitative estimate of drug-likeness (QED) is 0.418. The van der Waals surface area contributed by atoms with Crippen molar-refractivity contribution in [2.45, 2.75) is 0 Å². The summed E-state index contributed by atoms with van der Waals surface area (Å²) in [6, 6.07) is 15.6. The van der Waals surface area contributed by atoms with Crippen molar-refractivity contribution in [3.05, 3.63) is 71.0 Å². The molecule has 2 aromatic heterocycles. The SMILES string of the molecule is COC(=O)c1ccccc1-[n+]1ccc2c(c1)[nH]c1cc(Br)ccc12. The van der Waals surface area contributed by atoms with Crippen molar-refractivity contribution >= 4 is 43.7 Å². The summed E-state index contributed by atoms with van der Waals surface area (Å²) >= 11 is 3.50. The van der Waals surface area contributed by atoms with E-state index in [9.17, 15) is 4.79 Å². The Labute approximate surface area is 146 Å². The van der Waals surface area contributed by atoms with E-state index in [0.29, 0.717) is 5.56 Å². The van der Waals surface area contributed by atoms with E-state index >= 15 is 0 Å². The molecule has 0 radical (unpaired) electrons. The van der Waals surface area contributed by atoms with E-state index in [2.05, 4.69) is 39.1 Å². The number of ether oxygens (including phenoxy) is 1. The Balaban J connectivity index is 1.93. The Morgan fingerprint density at radius 2 is 1.88 bits per heavy atom. The molecule has 0 aliphatic carbocycles. The van der Waals surface area contributed by atoms with Gasteiger partial charge in [-0.15, -0.1) is 0 Å². The number of halogens is 1. The first-order valence-electron chi connectivity index (χ1n) is 7.47. The van der Waals surface area contributed by atoms with Gasteiger partial charge in [0.25, 0.3) is 0 Å². The molecule has 0 aliphatic rings. The molecule has 24 heavy (non-hydrogen) atoms. The standard InChI is InChI=1S/C19H13BrN2O2/c1-24-19(23)15-4-2-3-5-18(15)22-9-8-14-13-7-6-12(20)10-16(13)21-17(14)11-22/h2-11H,1H3/p+1. The summed E-state index contributed by atoms with van der Waals surface area (Å²) in [5.74, 6) is -0.348. The molecule has 0 atom stereocenters. The number of nitrogens with one attached hydrogen (secondary N) is 1. The number of pyridine rings is 1. The van der Waals surface area contributed by atoms with Gasteiger partial charge < -0.3 is 9.72 Å². The first-order valence-corrected chi connectivity index (χ1v) is 8.26. The summed E-state index contributed by atoms with van der Waals surface area (Å²) in [4.78, 5) is 15.4. The smallest absolute Gasteiger partial charge is 0.344 e. The number of hydrogen-bond acceptors (Lipinski definition) is 2. The Morgan fingerprint density at radius 1 is 1.08 bits per heavy atom. The number of H-pyrrole nitrogens is 1. The highest BCUT2D eigenvalue weighted by Crippen LogP contribution is 2.27. The number of carbonyl (C=O) groups excluding carboxylic acids is 1. The maximum absolute atomic E-state index is 12.0. The molecular formula is C19H14BrN2O2+. The van der Waals surface area contributed by atoms with Gasteiger partial charge in [-0.25, -0.2) is 4.79 Å². The second-order valence-corrected chi connectivity index (χ2v) is 6.42. The summed E-state index contributed by atoms with van der Waals surface area (Å²) in [6.45, 7) is 0. The predicted molar refractivity (Wildman–Crippen MR) is 96.4 cm³/mol. The van der Waals surface area contributed by atoms with Crippen LogP contribution in [0.3, 0.4) is 0 Å². The Hall–Kier alpha value is -2.66. The van der Waals surface area contributed by atoms with Crippen molar-refractivity contribution in [3.63, 3.8) is 0 Å². The molecule has 2 aromatic carbocycles. The van der Waals surface area contributed by atoms with Gasteiger partial charge in [0.15, 0.2) is 12.4 Å². The van der Waals surface area contributed by atoms with Crippen LogP contribution in [0.4, 0.5) is 0 Å². The number of methoxy groups -OCH3 is 1. The topological polar surface area (TPSA) is 46.0 Å². The zero-order valence-electron chi connectivity index (χ0n) is 12.9. The minimum Gasteiger partial charge on any atom is -0.465 e. The third-order valence-corrected chi connectivity index (χ3v) is 4.58. The number of benzene rings is 2. The zero-order valence-corrected chi connectivity index (χ0v) is 14.5. The maximum Gasteiger partial charge on any atom is 0.344 e. The summed E-state index contributed by atoms with van der Waals surface area (Å²) in [5.41, 5.74) is 3.39. The van der Waals surface area contributed by atoms with E-state index in [-0.39, 0.29) is 5.97 Å². The van der Waals surface area contributed by atoms with Crippen LogP contribution in [0.1, 0.15) is 10.4 Å². The van der Waals surface area contributed by atoms with Crippen molar-refractivity contribution < 1.29 is 14.1 Å². The Kier molecular flexibility index (Phi) is 3.58. The fourth-order valence-electron chi connectivity index (χ4n) is 2.96. The molecule has 0 spiro atoms. The van der Waals surface area contributed by atoms with Gasteiger partial charge in [0.1, 0.15) is 11.1 Å². The Bertz CT molecular complexity index is 1090. The van der Waals surface area contributed by atoms with Gasteiger partial charge in [-0.3, -0.25) is 0 Å². The first kappa shape index (κ1) is 14.9. The fourth-order valence-corrected chi connectivity index (χ4v) is 3.32. The Morgan fingerprint density at radius 3 is 2.71 bits per heavy atom. The normalized spacial score (nSPS) is 11.1. The van der Waals surface area contributed by atoms with Crippen LogP contribution >= 0.6 is 15.9 Å². The predicted octanol–water partition coefficient (Wildman–Crippen LogP) is 4.15. The lowest BCUT2D eigenvalue weighted by molar-refractivity contribution is -0.594. The van der Waals surface area contributed by atoms with Gasteiger partial charge in [0, 0.05) is 32.9 Å². The van der Waals surface area contributed by atoms with Crippen molar-refractivity contribution in [1.29, 1.82) is 0 Å². The van der Waals surface area contributed by atoms with Crippen LogP contribution in [0, 0.1) is 0 Å². The zero-order chi connectivity index (χ0) is 16.7. The number of hydrogen-bond donors (Lipinski definition) is 1. The molecule has 4 aromatic rings. The minimum atomic E-state index is -0.348. The van der Waals surface area contributed by atoms with Gasteiger partial charge in [-0.2, -0.15) is 4.57 Å². The van der Waals surface area contributed by atoms with Crippen LogP contribution in [0.2, 0.25) is 0 Å². The molecule has 1 N–H and O–H groups in total. The third kappa shape index (κ3) is 2.37. The number of nitrogens with zero attached hydrogens (tertiary/aromatic N) is 1. The molecule has 0 saturated heterocycles. The second-order valence-electron chi connectivity index (χ2n) is 5.50. The summed E-state index contributed by atoms with van der Waals surface area (Å²) in [7, 11) is 1.39. The van der Waals surface area contributed by atoms with Crippen molar-refractivity contribution in [1.82, 2.24) is 4.98 Å². The molecule has 4 nitrogen and oxygen atoms in total. The second kappa shape index (κ2) is 5.76. The highest BCUT2D eigenvalue weighted by atomic mass is 79.9. The molecule has 0 unspecified atom stereocenters. The number of aromatic amines is 1. The van der Waals surface area contributed by atoms with Crippen LogP contribution in [0.5, 0.6) is 0 Å². The van der Waals surface area contributed by atoms with Crippen molar-refractivity contribution in [2.24, 2.45) is 0 Å². The molecule has 5 heteroatoms. The molecule has 0 fully saturated rings. The number of carbonyl (C=O) groups is 1. The van der Waals surface area contributed by atoms with Crippen molar-refractivity contribution in [3.8, 4) is 5.69 Å². The molecule has 0 amide bonds. The highest BCUT2D eigenvalue weighted by Gasteiger charge is 2.19. The van der Waals surface area contributed by atoms with Gasteiger partial charge in [0.2, 0.25) is 5.69 Å². The molecular weight excluding hydrogens is 368 g/mol. The molecule has 0 aliphatic heterocycles. The highest BCUT2D eigenvalue weighted by molar-refractivity contribution is 9.10. The largest absolute Gasteiger partial charge is 0.465 e. The molecule has 4 rings (SSSR count). The van der Waals surface area contributed by atoms with Crippen LogP contribution in [0.15, 0.2) is 65.4 Å². The van der Waals surface area contributed by atoms with E-state index in [1.807, 2.05) is 41.2 Å². The van der Waals surface area contributed by atoms with Gasteiger partial charge in [-0.1, -0.05) is 34.1 Å². The van der Waals surface area contributed by atoms with E-state index in [0.717, 1.165) is 26.6 Å². The van der Waals surface area contributed by atoms with E-state index in [4.69, 9.17) is 4.74 Å². The average molecular weight is 382 g/mol. The molecule has 2 heterocycles. The van der Waals surface area contributed by atoms with Gasteiger partial charge in [0.05, 0.1) is 7.11 Å². The summed E-state index contributed by atoms with van der Waals surface area (Å²) in [6.07, 6.45) is 3.95. The first-order chi connectivity index (χ1) is 11.7. The lowest BCUT2D eigenvalue weighted by Gasteiger charge is -2.02. The fraction of sp³-hybridized carbons (Fsp3) is 0.0526. The lowest BCUT2D eigenvalue weighted by Crippen LogP contribution is -2.32. The van der Waals surface area contributed by atoms with E-state index in [1.54, 1.807) is 6.07 Å². The molecule has 118 valence electrons. The van der Waals surface area contributed by atoms with Crippen LogP contribution in [-0.4, -0.2) is 18.1 Å². The lowest BCUT2D eigenvalue weighted by atomic mass is 10.1. The third-order valence-electron chi connectivity index (χ3n) is 4.09. The van der Waals surface area contributed by atoms with Crippen LogP contribution in [0.25, 0.3) is 27.5 Å². The maximum atomic E-state index is 12.0. The number of rotatable bonds is 2. The average Bonchev–Trinajstić information content (AvgIpc) is 2.97. The monoisotopic (exact) mass is 381 g/mol. The van der Waals surface area contributed by atoms with Crippen LogP contribution < -0.4 is 4.57 Å². The minimum absolute atomic E-state index is 0.348. The molecule has 0 saturated carbocycles. The van der Waals surface area contributed by atoms with Crippen molar-refractivity contribution in [2.75, 3.05) is 7.11 Å². The summed E-state index contributed by atoms with van der Waals surface area (Å²) in [5, 5.41) is 2.31. The molecule has 0 bridgehead atoms. The number of para-hydroxylation sites is 1. The van der Waals surface area contributed by atoms with E-state index < -0.39 is 0 Å². The summed E-state index contributed by atoms with van der Waals surface area (Å²) < 4.78 is 7.84.